The van der Waals surface area contributed by atoms with Crippen LogP contribution in [-0.2, 0) is 22.6 Å². The van der Waals surface area contributed by atoms with Crippen LogP contribution in [0.4, 0.5) is 15.6 Å². The van der Waals surface area contributed by atoms with Crippen molar-refractivity contribution in [3.63, 3.8) is 0 Å². The molecule has 2 saturated heterocycles. The number of hydrazine groups is 1. The molecule has 13 heteroatoms. The van der Waals surface area contributed by atoms with Crippen LogP contribution in [0.3, 0.4) is 0 Å². The Hall–Kier alpha value is -4.41. The number of nitriles is 1. The van der Waals surface area contributed by atoms with E-state index >= 15 is 0 Å². The number of fused-ring (bicyclic) bond motifs is 2. The van der Waals surface area contributed by atoms with Crippen LogP contribution in [0.5, 0.6) is 0 Å². The fourth-order valence-corrected chi connectivity index (χ4v) is 6.49. The molecule has 0 radical (unpaired) electrons. The summed E-state index contributed by atoms with van der Waals surface area (Å²) in [6.45, 7) is 2.59. The van der Waals surface area contributed by atoms with E-state index in [-0.39, 0.29) is 38.0 Å². The SMILES string of the molecule is CCCCNC(=O)N(CC#N)N1CC(=O)N2C1CN(Cc1cccc3sc(N)nc13)C(=O)[C@@H]2Cc1ccc(N(C)C)cc1. The number of nitrogens with one attached hydrogen (secondary N) is 1. The van der Waals surface area contributed by atoms with Gasteiger partial charge in [-0.25, -0.2) is 14.8 Å². The summed E-state index contributed by atoms with van der Waals surface area (Å²) in [4.78, 5) is 50.8. The van der Waals surface area contributed by atoms with Crippen molar-refractivity contribution in [3.05, 3.63) is 53.6 Å². The number of benzene rings is 2. The molecule has 226 valence electrons. The number of urea groups is 1. The van der Waals surface area contributed by atoms with Gasteiger partial charge in [0.05, 0.1) is 29.4 Å². The Morgan fingerprint density at radius 2 is 1.98 bits per heavy atom. The van der Waals surface area contributed by atoms with E-state index in [1.165, 1.54) is 16.3 Å². The number of unbranched alkanes of at least 4 members (excludes halogenated alkanes) is 1. The van der Waals surface area contributed by atoms with E-state index in [0.29, 0.717) is 18.1 Å². The molecule has 1 unspecified atom stereocenters. The molecule has 3 heterocycles. The third-order valence-electron chi connectivity index (χ3n) is 7.90. The largest absolute Gasteiger partial charge is 0.378 e. The van der Waals surface area contributed by atoms with Crippen molar-refractivity contribution < 1.29 is 14.4 Å². The number of para-hydroxylation sites is 1. The molecule has 2 fully saturated rings. The summed E-state index contributed by atoms with van der Waals surface area (Å²) in [5.74, 6) is -0.436. The first-order chi connectivity index (χ1) is 20.7. The molecule has 2 aliphatic rings. The van der Waals surface area contributed by atoms with Crippen LogP contribution < -0.4 is 16.0 Å². The minimum atomic E-state index is -0.784. The number of carbonyl (C=O) groups excluding carboxylic acids is 3. The van der Waals surface area contributed by atoms with Crippen molar-refractivity contribution in [2.45, 2.75) is 44.9 Å². The Morgan fingerprint density at radius 3 is 2.67 bits per heavy atom. The summed E-state index contributed by atoms with van der Waals surface area (Å²) in [5, 5.41) is 15.9. The number of rotatable bonds is 10. The summed E-state index contributed by atoms with van der Waals surface area (Å²) in [6, 6.07) is 14.5. The van der Waals surface area contributed by atoms with Crippen LogP contribution in [0.1, 0.15) is 30.9 Å². The zero-order valence-electron chi connectivity index (χ0n) is 24.7. The maximum absolute atomic E-state index is 14.2. The summed E-state index contributed by atoms with van der Waals surface area (Å²) in [6.07, 6.45) is 1.39. The van der Waals surface area contributed by atoms with Gasteiger partial charge in [-0.1, -0.05) is 48.9 Å². The van der Waals surface area contributed by atoms with Crippen LogP contribution >= 0.6 is 11.3 Å². The zero-order chi connectivity index (χ0) is 30.7. The van der Waals surface area contributed by atoms with Gasteiger partial charge in [0.15, 0.2) is 5.13 Å². The normalized spacial score (nSPS) is 18.6. The predicted octanol–water partition coefficient (Wildman–Crippen LogP) is 2.62. The highest BCUT2D eigenvalue weighted by atomic mass is 32.1. The van der Waals surface area contributed by atoms with E-state index < -0.39 is 18.2 Å². The Kier molecular flexibility index (Phi) is 8.98. The van der Waals surface area contributed by atoms with Crippen molar-refractivity contribution in [1.82, 2.24) is 30.1 Å². The standard InChI is InChI=1S/C30H37N9O3S/c1-4-5-14-33-30(42)37(15-13-31)38-19-26(40)39-23(16-20-9-11-22(12-10-20)35(2)3)28(41)36(18-25(38)39)17-21-7-6-8-24-27(21)34-29(32)43-24/h6-12,23,25H,4-5,14-19H2,1-3H3,(H2,32,34)(H,33,42)/t23-,25?/m0/s1. The average Bonchev–Trinajstić information content (AvgIpc) is 3.53. The number of thiazole rings is 1. The van der Waals surface area contributed by atoms with Crippen molar-refractivity contribution in [3.8, 4) is 6.07 Å². The fraction of sp³-hybridized carbons (Fsp3) is 0.433. The van der Waals surface area contributed by atoms with Crippen molar-refractivity contribution in [2.24, 2.45) is 0 Å². The first-order valence-corrected chi connectivity index (χ1v) is 15.2. The van der Waals surface area contributed by atoms with Gasteiger partial charge in [0.2, 0.25) is 11.8 Å². The van der Waals surface area contributed by atoms with Crippen LogP contribution in [0.15, 0.2) is 42.5 Å². The van der Waals surface area contributed by atoms with E-state index in [9.17, 15) is 19.6 Å². The molecular weight excluding hydrogens is 566 g/mol. The average molecular weight is 604 g/mol. The summed E-state index contributed by atoms with van der Waals surface area (Å²) in [7, 11) is 3.92. The van der Waals surface area contributed by atoms with E-state index in [0.717, 1.165) is 39.9 Å². The number of hydrogen-bond acceptors (Lipinski definition) is 9. The number of piperazine rings is 1. The summed E-state index contributed by atoms with van der Waals surface area (Å²) in [5.41, 5.74) is 9.53. The fourth-order valence-electron chi connectivity index (χ4n) is 5.71. The highest BCUT2D eigenvalue weighted by Gasteiger charge is 2.52. The lowest BCUT2D eigenvalue weighted by molar-refractivity contribution is -0.157. The van der Waals surface area contributed by atoms with E-state index in [2.05, 4.69) is 16.4 Å². The number of hydrogen-bond donors (Lipinski definition) is 2. The minimum Gasteiger partial charge on any atom is -0.378 e. The zero-order valence-corrected chi connectivity index (χ0v) is 25.5. The van der Waals surface area contributed by atoms with Crippen LogP contribution in [-0.4, -0.2) is 95.1 Å². The van der Waals surface area contributed by atoms with Gasteiger partial charge in [-0.2, -0.15) is 10.3 Å². The van der Waals surface area contributed by atoms with Gasteiger partial charge < -0.3 is 25.8 Å². The van der Waals surface area contributed by atoms with Gasteiger partial charge >= 0.3 is 6.03 Å². The molecule has 2 aromatic carbocycles. The third kappa shape index (κ3) is 6.21. The lowest BCUT2D eigenvalue weighted by Gasteiger charge is -2.46. The number of aromatic nitrogens is 1. The third-order valence-corrected chi connectivity index (χ3v) is 8.75. The van der Waals surface area contributed by atoms with Crippen molar-refractivity contribution >= 4 is 50.2 Å². The van der Waals surface area contributed by atoms with Crippen molar-refractivity contribution in [2.75, 3.05) is 50.9 Å². The molecule has 0 bridgehead atoms. The second-order valence-corrected chi connectivity index (χ2v) is 12.1. The summed E-state index contributed by atoms with van der Waals surface area (Å²) >= 11 is 1.39. The first kappa shape index (κ1) is 30.1. The van der Waals surface area contributed by atoms with Gasteiger partial charge in [-0.05, 0) is 35.7 Å². The molecular formula is C30H37N9O3S. The quantitative estimate of drug-likeness (QED) is 0.266. The van der Waals surface area contributed by atoms with Gasteiger partial charge in [0, 0.05) is 39.3 Å². The van der Waals surface area contributed by atoms with Gasteiger partial charge in [0.25, 0.3) is 0 Å². The van der Waals surface area contributed by atoms with E-state index in [4.69, 9.17) is 5.73 Å². The smallest absolute Gasteiger partial charge is 0.333 e. The molecule has 3 N–H and O–H groups in total. The highest BCUT2D eigenvalue weighted by Crippen LogP contribution is 2.32. The monoisotopic (exact) mass is 603 g/mol. The molecule has 43 heavy (non-hydrogen) atoms. The maximum Gasteiger partial charge on any atom is 0.333 e. The molecule has 1 aromatic heterocycles. The Bertz CT molecular complexity index is 1530. The molecule has 2 atom stereocenters. The van der Waals surface area contributed by atoms with Gasteiger partial charge in [-0.15, -0.1) is 0 Å². The first-order valence-electron chi connectivity index (χ1n) is 14.4. The van der Waals surface area contributed by atoms with Crippen LogP contribution in [0.25, 0.3) is 10.2 Å². The molecule has 0 aliphatic carbocycles. The maximum atomic E-state index is 14.2. The highest BCUT2D eigenvalue weighted by molar-refractivity contribution is 7.22. The van der Waals surface area contributed by atoms with Crippen LogP contribution in [0, 0.1) is 11.3 Å². The lowest BCUT2D eigenvalue weighted by Crippen LogP contribution is -2.66. The van der Waals surface area contributed by atoms with E-state index in [1.54, 1.807) is 14.8 Å². The predicted molar refractivity (Wildman–Crippen MR) is 166 cm³/mol. The number of carbonyl (C=O) groups is 3. The molecule has 5 rings (SSSR count). The van der Waals surface area contributed by atoms with Crippen molar-refractivity contribution in [1.29, 1.82) is 5.26 Å². The number of nitrogen functional groups attached to an aromatic ring is 1. The lowest BCUT2D eigenvalue weighted by atomic mass is 9.99. The van der Waals surface area contributed by atoms with Crippen LogP contribution in [0.2, 0.25) is 0 Å². The second-order valence-electron chi connectivity index (χ2n) is 11.0. The Morgan fingerprint density at radius 1 is 1.21 bits per heavy atom. The van der Waals surface area contributed by atoms with Gasteiger partial charge in [-0.3, -0.25) is 9.59 Å². The second kappa shape index (κ2) is 12.8. The molecule has 0 spiro atoms. The molecule has 4 amide bonds. The molecule has 12 nitrogen and oxygen atoms in total. The number of nitrogens with two attached hydrogens (primary N) is 1. The number of nitrogens with zero attached hydrogens (tertiary/aromatic N) is 7. The van der Waals surface area contributed by atoms with Gasteiger partial charge in [0.1, 0.15) is 18.8 Å². The Labute approximate surface area is 255 Å². The topological polar surface area (TPSA) is 142 Å². The van der Waals surface area contributed by atoms with E-state index in [1.807, 2.05) is 68.4 Å². The number of amides is 4. The number of anilines is 2. The molecule has 3 aromatic rings. The molecule has 2 aliphatic heterocycles. The minimum absolute atomic E-state index is 0.108. The summed E-state index contributed by atoms with van der Waals surface area (Å²) < 4.78 is 0.931. The Balaban J connectivity index is 1.49. The molecule has 0 saturated carbocycles.